The molecular formula is C13H20N2O2. The van der Waals surface area contributed by atoms with Crippen molar-refractivity contribution in [1.29, 1.82) is 0 Å². The van der Waals surface area contributed by atoms with E-state index < -0.39 is 0 Å². The fourth-order valence-electron chi connectivity index (χ4n) is 1.91. The lowest BCUT2D eigenvalue weighted by Gasteiger charge is -2.23. The Morgan fingerprint density at radius 3 is 2.35 bits per heavy atom. The zero-order chi connectivity index (χ0) is 12.9. The van der Waals surface area contributed by atoms with Crippen LogP contribution in [-0.4, -0.2) is 10.5 Å². The van der Waals surface area contributed by atoms with Crippen molar-refractivity contribution in [2.75, 3.05) is 0 Å². The van der Waals surface area contributed by atoms with Gasteiger partial charge in [-0.05, 0) is 31.7 Å². The second-order valence-electron chi connectivity index (χ2n) is 4.83. The van der Waals surface area contributed by atoms with Crippen molar-refractivity contribution < 1.29 is 4.92 Å². The van der Waals surface area contributed by atoms with Gasteiger partial charge >= 0.3 is 0 Å². The van der Waals surface area contributed by atoms with E-state index in [0.29, 0.717) is 0 Å². The molecule has 0 fully saturated rings. The molecule has 0 bridgehead atoms. The molecule has 0 aliphatic heterocycles. The minimum Gasteiger partial charge on any atom is -0.325 e. The molecule has 1 atom stereocenters. The summed E-state index contributed by atoms with van der Waals surface area (Å²) in [4.78, 5) is 10.1. The lowest BCUT2D eigenvalue weighted by atomic mass is 9.90. The van der Waals surface area contributed by atoms with Gasteiger partial charge < -0.3 is 5.73 Å². The van der Waals surface area contributed by atoms with Gasteiger partial charge in [0.15, 0.2) is 0 Å². The van der Waals surface area contributed by atoms with Crippen molar-refractivity contribution in [2.45, 2.75) is 45.1 Å². The fraction of sp³-hybridized carbons (Fsp3) is 0.538. The molecule has 0 saturated carbocycles. The third-order valence-corrected chi connectivity index (χ3v) is 2.95. The molecule has 4 heteroatoms. The minimum absolute atomic E-state index is 0.137. The van der Waals surface area contributed by atoms with Crippen molar-refractivity contribution in [3.05, 3.63) is 39.9 Å². The topological polar surface area (TPSA) is 69.2 Å². The van der Waals surface area contributed by atoms with Gasteiger partial charge in [0.25, 0.3) is 5.69 Å². The summed E-state index contributed by atoms with van der Waals surface area (Å²) in [7, 11) is 0. The van der Waals surface area contributed by atoms with Gasteiger partial charge in [-0.3, -0.25) is 10.1 Å². The first-order valence-corrected chi connectivity index (χ1v) is 5.97. The molecule has 0 aromatic heterocycles. The summed E-state index contributed by atoms with van der Waals surface area (Å²) in [5.74, 6) is 0. The highest BCUT2D eigenvalue weighted by molar-refractivity contribution is 5.32. The Hall–Kier alpha value is -1.42. The Morgan fingerprint density at radius 1 is 1.29 bits per heavy atom. The minimum atomic E-state index is -0.381. The van der Waals surface area contributed by atoms with E-state index in [1.54, 1.807) is 24.3 Å². The third-order valence-electron chi connectivity index (χ3n) is 2.95. The van der Waals surface area contributed by atoms with Crippen LogP contribution in [0.5, 0.6) is 0 Å². The van der Waals surface area contributed by atoms with Gasteiger partial charge in [-0.25, -0.2) is 0 Å². The molecule has 0 aliphatic rings. The average molecular weight is 236 g/mol. The van der Waals surface area contributed by atoms with Gasteiger partial charge in [0, 0.05) is 17.7 Å². The third kappa shape index (κ3) is 4.53. The highest BCUT2D eigenvalue weighted by atomic mass is 16.6. The quantitative estimate of drug-likeness (QED) is 0.609. The zero-order valence-electron chi connectivity index (χ0n) is 10.5. The average Bonchev–Trinajstić information content (AvgIpc) is 2.27. The molecule has 0 amide bonds. The molecule has 0 heterocycles. The number of hydrogen-bond acceptors (Lipinski definition) is 3. The van der Waals surface area contributed by atoms with Crippen LogP contribution in [0.1, 0.15) is 38.7 Å². The maximum absolute atomic E-state index is 10.5. The summed E-state index contributed by atoms with van der Waals surface area (Å²) in [5.41, 5.74) is 7.24. The summed E-state index contributed by atoms with van der Waals surface area (Å²) in [6.45, 7) is 4.18. The van der Waals surface area contributed by atoms with E-state index in [0.717, 1.165) is 31.2 Å². The first-order valence-electron chi connectivity index (χ1n) is 5.97. The molecule has 0 radical (unpaired) electrons. The fourth-order valence-corrected chi connectivity index (χ4v) is 1.91. The number of benzene rings is 1. The zero-order valence-corrected chi connectivity index (χ0v) is 10.5. The number of aryl methyl sites for hydroxylation is 1. The van der Waals surface area contributed by atoms with Gasteiger partial charge in [-0.15, -0.1) is 0 Å². The number of nitrogens with two attached hydrogens (primary N) is 1. The van der Waals surface area contributed by atoms with E-state index in [1.807, 2.05) is 0 Å². The van der Waals surface area contributed by atoms with Crippen LogP contribution in [0.4, 0.5) is 5.69 Å². The molecule has 0 saturated heterocycles. The summed E-state index contributed by atoms with van der Waals surface area (Å²) in [6, 6.07) is 6.70. The van der Waals surface area contributed by atoms with Crippen LogP contribution in [0.3, 0.4) is 0 Å². The van der Waals surface area contributed by atoms with Crippen molar-refractivity contribution in [2.24, 2.45) is 5.73 Å². The van der Waals surface area contributed by atoms with Gasteiger partial charge in [0.1, 0.15) is 0 Å². The van der Waals surface area contributed by atoms with E-state index >= 15 is 0 Å². The van der Waals surface area contributed by atoms with Crippen LogP contribution in [-0.2, 0) is 6.42 Å². The number of rotatable bonds is 6. The van der Waals surface area contributed by atoms with Crippen LogP contribution in [0.15, 0.2) is 24.3 Å². The number of nitro groups is 1. The van der Waals surface area contributed by atoms with Crippen molar-refractivity contribution >= 4 is 5.69 Å². The van der Waals surface area contributed by atoms with E-state index in [-0.39, 0.29) is 16.1 Å². The molecule has 0 spiro atoms. The molecule has 2 N–H and O–H groups in total. The SMILES string of the molecule is CCCC(C)(N)CCc1ccc([N+](=O)[O-])cc1. The molecule has 4 nitrogen and oxygen atoms in total. The maximum Gasteiger partial charge on any atom is 0.269 e. The van der Waals surface area contributed by atoms with Gasteiger partial charge in [-0.1, -0.05) is 25.5 Å². The first kappa shape index (κ1) is 13.6. The molecule has 17 heavy (non-hydrogen) atoms. The smallest absolute Gasteiger partial charge is 0.269 e. The molecular weight excluding hydrogens is 216 g/mol. The second-order valence-corrected chi connectivity index (χ2v) is 4.83. The number of hydrogen-bond donors (Lipinski definition) is 1. The predicted molar refractivity (Wildman–Crippen MR) is 68.9 cm³/mol. The molecule has 1 aromatic rings. The van der Waals surface area contributed by atoms with E-state index in [4.69, 9.17) is 5.73 Å². The van der Waals surface area contributed by atoms with E-state index in [2.05, 4.69) is 13.8 Å². The Kier molecular flexibility index (Phi) is 4.63. The summed E-state index contributed by atoms with van der Waals surface area (Å²) in [5, 5.41) is 10.5. The van der Waals surface area contributed by atoms with Crippen LogP contribution in [0, 0.1) is 10.1 Å². The van der Waals surface area contributed by atoms with Crippen LogP contribution in [0.2, 0.25) is 0 Å². The van der Waals surface area contributed by atoms with Crippen molar-refractivity contribution in [3.8, 4) is 0 Å². The predicted octanol–water partition coefficient (Wildman–Crippen LogP) is 3.04. The van der Waals surface area contributed by atoms with E-state index in [9.17, 15) is 10.1 Å². The largest absolute Gasteiger partial charge is 0.325 e. The standard InChI is InChI=1S/C13H20N2O2/c1-3-9-13(2,14)10-8-11-4-6-12(7-5-11)15(16)17/h4-7H,3,8-10,14H2,1-2H3. The van der Waals surface area contributed by atoms with Crippen LogP contribution in [0.25, 0.3) is 0 Å². The van der Waals surface area contributed by atoms with Gasteiger partial charge in [0.05, 0.1) is 4.92 Å². The lowest BCUT2D eigenvalue weighted by Crippen LogP contribution is -2.36. The molecule has 1 aromatic carbocycles. The van der Waals surface area contributed by atoms with Crippen molar-refractivity contribution in [3.63, 3.8) is 0 Å². The Labute approximate surface area is 102 Å². The lowest BCUT2D eigenvalue weighted by molar-refractivity contribution is -0.384. The normalized spacial score (nSPS) is 14.3. The molecule has 1 rings (SSSR count). The first-order chi connectivity index (χ1) is 7.94. The highest BCUT2D eigenvalue weighted by Crippen LogP contribution is 2.18. The molecule has 1 unspecified atom stereocenters. The van der Waals surface area contributed by atoms with Gasteiger partial charge in [0.2, 0.25) is 0 Å². The Bertz CT molecular complexity index is 372. The number of nitrogens with zero attached hydrogens (tertiary/aromatic N) is 1. The van der Waals surface area contributed by atoms with Crippen LogP contribution < -0.4 is 5.73 Å². The summed E-state index contributed by atoms with van der Waals surface area (Å²) in [6.07, 6.45) is 3.84. The summed E-state index contributed by atoms with van der Waals surface area (Å²) < 4.78 is 0. The van der Waals surface area contributed by atoms with Gasteiger partial charge in [-0.2, -0.15) is 0 Å². The van der Waals surface area contributed by atoms with E-state index in [1.165, 1.54) is 0 Å². The number of non-ortho nitro benzene ring substituents is 1. The Balaban J connectivity index is 2.55. The van der Waals surface area contributed by atoms with Crippen LogP contribution >= 0.6 is 0 Å². The molecule has 94 valence electrons. The maximum atomic E-state index is 10.5. The number of nitro benzene ring substituents is 1. The Morgan fingerprint density at radius 2 is 1.88 bits per heavy atom. The highest BCUT2D eigenvalue weighted by Gasteiger charge is 2.16. The second kappa shape index (κ2) is 5.77. The summed E-state index contributed by atoms with van der Waals surface area (Å²) >= 11 is 0. The monoisotopic (exact) mass is 236 g/mol. The molecule has 0 aliphatic carbocycles. The van der Waals surface area contributed by atoms with Crippen molar-refractivity contribution in [1.82, 2.24) is 0 Å².